The number of aliphatic carboxylic acids is 1. The Morgan fingerprint density at radius 1 is 0.750 bits per heavy atom. The maximum atomic E-state index is 13.1. The number of ether oxygens (including phenoxy) is 6. The number of aliphatic hydroxyl groups excluding tert-OH is 9. The van der Waals surface area contributed by atoms with Crippen molar-refractivity contribution in [3.05, 3.63) is 11.6 Å². The smallest absolute Gasteiger partial charge is 0.310 e. The lowest BCUT2D eigenvalue weighted by atomic mass is 9.33. The van der Waals surface area contributed by atoms with Crippen LogP contribution in [0.4, 0.5) is 0 Å². The molecule has 3 saturated heterocycles. The molecule has 0 aromatic heterocycles. The zero-order chi connectivity index (χ0) is 46.7. The van der Waals surface area contributed by atoms with E-state index in [-0.39, 0.29) is 40.6 Å². The summed E-state index contributed by atoms with van der Waals surface area (Å²) in [4.78, 5) is 13.1. The Morgan fingerprint density at radius 2 is 1.42 bits per heavy atom. The van der Waals surface area contributed by atoms with E-state index in [9.17, 15) is 61.0 Å². The summed E-state index contributed by atoms with van der Waals surface area (Å²) in [5.74, 6) is -0.996. The fourth-order valence-electron chi connectivity index (χ4n) is 14.5. The van der Waals surface area contributed by atoms with Gasteiger partial charge in [0, 0.05) is 5.41 Å². The van der Waals surface area contributed by atoms with Crippen molar-refractivity contribution < 1.29 is 89.4 Å². The summed E-state index contributed by atoms with van der Waals surface area (Å²) in [6, 6.07) is 0. The Balaban J connectivity index is 1.09. The molecule has 0 aromatic carbocycles. The van der Waals surface area contributed by atoms with Crippen LogP contribution in [0.25, 0.3) is 0 Å². The molecule has 7 fully saturated rings. The van der Waals surface area contributed by atoms with Crippen molar-refractivity contribution in [2.75, 3.05) is 19.8 Å². The number of rotatable bonds is 9. The summed E-state index contributed by atoms with van der Waals surface area (Å²) >= 11 is 0. The van der Waals surface area contributed by atoms with Crippen LogP contribution in [0.3, 0.4) is 0 Å². The fraction of sp³-hybridized carbons (Fsp3) is 0.935. The molecule has 18 heteroatoms. The average molecular weight is 915 g/mol. The van der Waals surface area contributed by atoms with Crippen LogP contribution in [-0.2, 0) is 33.2 Å². The lowest BCUT2D eigenvalue weighted by Gasteiger charge is -2.71. The third-order valence-corrected chi connectivity index (χ3v) is 18.8. The number of hydrogen-bond acceptors (Lipinski definition) is 17. The third-order valence-electron chi connectivity index (χ3n) is 18.8. The molecule has 24 atom stereocenters. The Morgan fingerprint density at radius 3 is 2.11 bits per heavy atom. The molecule has 0 aromatic rings. The predicted molar refractivity (Wildman–Crippen MR) is 221 cm³/mol. The van der Waals surface area contributed by atoms with Gasteiger partial charge in [0.15, 0.2) is 18.9 Å². The van der Waals surface area contributed by atoms with Crippen molar-refractivity contribution in [3.63, 3.8) is 0 Å². The highest BCUT2D eigenvalue weighted by molar-refractivity contribution is 5.76. The molecule has 0 unspecified atom stereocenters. The van der Waals surface area contributed by atoms with Gasteiger partial charge in [-0.2, -0.15) is 0 Å². The van der Waals surface area contributed by atoms with Crippen molar-refractivity contribution in [1.29, 1.82) is 0 Å². The maximum Gasteiger partial charge on any atom is 0.310 e. The van der Waals surface area contributed by atoms with E-state index in [4.69, 9.17) is 28.4 Å². The molecule has 0 amide bonds. The molecule has 11 N–H and O–H groups in total. The second kappa shape index (κ2) is 17.2. The minimum Gasteiger partial charge on any atom is -0.481 e. The minimum absolute atomic E-state index is 0.0913. The van der Waals surface area contributed by atoms with Gasteiger partial charge < -0.3 is 84.6 Å². The highest BCUT2D eigenvalue weighted by Gasteiger charge is 2.70. The van der Waals surface area contributed by atoms with Crippen molar-refractivity contribution in [1.82, 2.24) is 0 Å². The molecule has 0 bridgehead atoms. The molecule has 18 nitrogen and oxygen atoms in total. The predicted octanol–water partition coefficient (Wildman–Crippen LogP) is 0.0701. The Labute approximate surface area is 374 Å². The molecule has 5 aliphatic carbocycles. The van der Waals surface area contributed by atoms with Crippen LogP contribution in [0, 0.1) is 44.8 Å². The van der Waals surface area contributed by atoms with Crippen LogP contribution in [0.1, 0.15) is 106 Å². The molecule has 8 rings (SSSR count). The van der Waals surface area contributed by atoms with Gasteiger partial charge >= 0.3 is 5.97 Å². The van der Waals surface area contributed by atoms with Gasteiger partial charge in [0.25, 0.3) is 0 Å². The van der Waals surface area contributed by atoms with E-state index in [0.29, 0.717) is 32.1 Å². The van der Waals surface area contributed by atoms with Crippen molar-refractivity contribution in [2.45, 2.75) is 203 Å². The summed E-state index contributed by atoms with van der Waals surface area (Å²) in [5.41, 5.74) is -2.47. The molecule has 3 heterocycles. The van der Waals surface area contributed by atoms with Crippen LogP contribution in [-0.4, -0.2) is 180 Å². The van der Waals surface area contributed by atoms with Gasteiger partial charge in [0.1, 0.15) is 61.0 Å². The van der Waals surface area contributed by atoms with Gasteiger partial charge in [-0.15, -0.1) is 0 Å². The maximum absolute atomic E-state index is 13.1. The van der Waals surface area contributed by atoms with Crippen LogP contribution in [0.2, 0.25) is 0 Å². The summed E-state index contributed by atoms with van der Waals surface area (Å²) in [7, 11) is 0. The van der Waals surface area contributed by atoms with Gasteiger partial charge in [-0.1, -0.05) is 39.3 Å². The van der Waals surface area contributed by atoms with E-state index < -0.39 is 128 Å². The zero-order valence-electron chi connectivity index (χ0n) is 37.9. The molecular formula is C46H74O18. The lowest BCUT2D eigenvalue weighted by Crippen LogP contribution is -2.67. The second-order valence-corrected chi connectivity index (χ2v) is 22.2. The number of fused-ring (bicyclic) bond motifs is 7. The second-order valence-electron chi connectivity index (χ2n) is 22.2. The molecule has 4 saturated carbocycles. The van der Waals surface area contributed by atoms with Crippen molar-refractivity contribution in [2.24, 2.45) is 44.8 Å². The topological polar surface area (TPSA) is 295 Å². The highest BCUT2D eigenvalue weighted by atomic mass is 16.8. The summed E-state index contributed by atoms with van der Waals surface area (Å²) in [5, 5.41) is 120. The van der Waals surface area contributed by atoms with E-state index in [1.54, 1.807) is 0 Å². The van der Waals surface area contributed by atoms with Gasteiger partial charge in [-0.25, -0.2) is 0 Å². The number of aliphatic hydroxyl groups is 10. The first-order chi connectivity index (χ1) is 29.9. The molecule has 3 aliphatic heterocycles. The first-order valence-electron chi connectivity index (χ1n) is 23.5. The quantitative estimate of drug-likeness (QED) is 0.137. The monoisotopic (exact) mass is 914 g/mol. The van der Waals surface area contributed by atoms with E-state index in [0.717, 1.165) is 32.1 Å². The molecule has 0 spiro atoms. The molecule has 64 heavy (non-hydrogen) atoms. The van der Waals surface area contributed by atoms with Gasteiger partial charge in [0.05, 0.1) is 43.0 Å². The molecule has 366 valence electrons. The number of hydrogen-bond donors (Lipinski definition) is 11. The van der Waals surface area contributed by atoms with E-state index >= 15 is 0 Å². The number of carboxylic acid groups (broad SMARTS) is 1. The van der Waals surface area contributed by atoms with Gasteiger partial charge in [-0.3, -0.25) is 4.79 Å². The summed E-state index contributed by atoms with van der Waals surface area (Å²) < 4.78 is 36.5. The molecular weight excluding hydrogens is 840 g/mol. The van der Waals surface area contributed by atoms with E-state index in [2.05, 4.69) is 26.8 Å². The normalized spacial score (nSPS) is 56.5. The minimum atomic E-state index is -1.80. The Kier molecular flexibility index (Phi) is 13.2. The largest absolute Gasteiger partial charge is 0.481 e. The summed E-state index contributed by atoms with van der Waals surface area (Å²) in [6.45, 7) is 11.0. The van der Waals surface area contributed by atoms with Crippen LogP contribution in [0.15, 0.2) is 11.6 Å². The Bertz CT molecular complexity index is 1750. The zero-order valence-corrected chi connectivity index (χ0v) is 37.9. The first kappa shape index (κ1) is 49.0. The standard InChI is InChI=1S/C46H74O18/c1-21-29(50)32(53)34(55)38(61-21)64-36-35(63-37-33(54)30(51)24(48)19-59-37)31(52)25(18-47)62-39(36)60-20-43(4)26-9-12-45(6)27(42(26,3)11-10-28(43)49)8-7-22-23-17-41(2,58)13-15-46(23,40(56)57)16-14-44(22,45)5/h7,21,23-39,47-55,58H,8-20H2,1-6H3,(H,56,57)/t21-,23+,24+,25-,26-,27-,28+,29+,30+,31-,32+,33-,34-,35+,36-,37+,38+,39-,41-,42+,43-,44-,45-,46+/m1/s1. The highest BCUT2D eigenvalue weighted by Crippen LogP contribution is 2.75. The van der Waals surface area contributed by atoms with Gasteiger partial charge in [0.2, 0.25) is 0 Å². The van der Waals surface area contributed by atoms with Gasteiger partial charge in [-0.05, 0) is 112 Å². The van der Waals surface area contributed by atoms with E-state index in [1.165, 1.54) is 12.5 Å². The number of allylic oxidation sites excluding steroid dienone is 2. The lowest BCUT2D eigenvalue weighted by molar-refractivity contribution is -0.389. The van der Waals surface area contributed by atoms with Crippen LogP contribution < -0.4 is 0 Å². The fourth-order valence-corrected chi connectivity index (χ4v) is 14.5. The Hall–Kier alpha value is -1.43. The van der Waals surface area contributed by atoms with Crippen LogP contribution >= 0.6 is 0 Å². The average Bonchev–Trinajstić information content (AvgIpc) is 3.24. The van der Waals surface area contributed by atoms with Crippen molar-refractivity contribution >= 4 is 5.97 Å². The number of carbonyl (C=O) groups is 1. The summed E-state index contributed by atoms with van der Waals surface area (Å²) in [6.07, 6.45) is -14.4. The SMILES string of the molecule is C[C@H]1O[C@@H](O[C@H]2[C@H](OC[C@]3(C)[C@@H]4CC[C@]5(C)[C@H](CC=C6[C@@H]7C[C@](C)(O)CC[C@]7(C(=O)O)CC[C@]65C)[C@@]4(C)CC[C@@H]3O)O[C@H](CO)[C@@H](O)[C@@H]2O[C@@H]2OC[C@H](O)[C@H](O)[C@H]2O)[C@H](O)[C@@H](O)[C@H]1O. The van der Waals surface area contributed by atoms with E-state index in [1.807, 2.05) is 13.8 Å². The first-order valence-corrected chi connectivity index (χ1v) is 23.5. The molecule has 0 radical (unpaired) electrons. The number of carboxylic acids is 1. The van der Waals surface area contributed by atoms with Crippen LogP contribution in [0.5, 0.6) is 0 Å². The molecule has 8 aliphatic rings. The van der Waals surface area contributed by atoms with Crippen molar-refractivity contribution in [3.8, 4) is 0 Å². The third kappa shape index (κ3) is 7.56.